The fourth-order valence-electron chi connectivity index (χ4n) is 2.96. The van der Waals surface area contributed by atoms with E-state index in [9.17, 15) is 17.4 Å². The summed E-state index contributed by atoms with van der Waals surface area (Å²) in [6.07, 6.45) is 3.47. The van der Waals surface area contributed by atoms with Gasteiger partial charge in [-0.15, -0.1) is 0 Å². The molecule has 1 aromatic rings. The Morgan fingerprint density at radius 2 is 1.74 bits per heavy atom. The number of sulfone groups is 1. The van der Waals surface area contributed by atoms with Crippen LogP contribution in [0.5, 0.6) is 0 Å². The maximum atomic E-state index is 12.5. The van der Waals surface area contributed by atoms with E-state index in [0.717, 1.165) is 25.5 Å². The van der Waals surface area contributed by atoms with Crippen molar-refractivity contribution < 1.29 is 22.2 Å². The summed E-state index contributed by atoms with van der Waals surface area (Å²) in [7, 11) is -4.39. The average molecular weight is 416 g/mol. The van der Waals surface area contributed by atoms with Crippen LogP contribution in [-0.2, 0) is 25.4 Å². The predicted octanol–water partition coefficient (Wildman–Crippen LogP) is 3.23. The van der Waals surface area contributed by atoms with Crippen molar-refractivity contribution in [3.05, 3.63) is 24.3 Å². The highest BCUT2D eigenvalue weighted by molar-refractivity contribution is 7.90. The smallest absolute Gasteiger partial charge is 0.410 e. The first kappa shape index (κ1) is 21.9. The molecule has 0 radical (unpaired) electrons. The number of hydrogen-bond acceptors (Lipinski definition) is 5. The van der Waals surface area contributed by atoms with Gasteiger partial charge in [0, 0.05) is 30.0 Å². The van der Waals surface area contributed by atoms with E-state index < -0.39 is 26.2 Å². The highest BCUT2D eigenvalue weighted by Gasteiger charge is 2.27. The molecule has 152 valence electrons. The molecule has 1 amide bonds. The molecule has 1 atom stereocenters. The topological polar surface area (TPSA) is 80.8 Å². The summed E-state index contributed by atoms with van der Waals surface area (Å²) in [4.78, 5) is 14.7. The van der Waals surface area contributed by atoms with Gasteiger partial charge in [-0.3, -0.25) is 4.21 Å². The summed E-state index contributed by atoms with van der Waals surface area (Å²) in [5.74, 6) is 0.970. The second-order valence-corrected chi connectivity index (χ2v) is 11.6. The monoisotopic (exact) mass is 415 g/mol. The Morgan fingerprint density at radius 1 is 1.19 bits per heavy atom. The summed E-state index contributed by atoms with van der Waals surface area (Å²) in [5, 5.41) is 0. The van der Waals surface area contributed by atoms with E-state index >= 15 is 0 Å². The Balaban J connectivity index is 1.79. The van der Waals surface area contributed by atoms with E-state index in [1.165, 1.54) is 12.1 Å². The van der Waals surface area contributed by atoms with E-state index in [-0.39, 0.29) is 11.0 Å². The first-order chi connectivity index (χ1) is 12.5. The van der Waals surface area contributed by atoms with Crippen LogP contribution in [0.2, 0.25) is 0 Å². The largest absolute Gasteiger partial charge is 0.444 e. The molecule has 1 saturated heterocycles. The van der Waals surface area contributed by atoms with Gasteiger partial charge in [-0.25, -0.2) is 13.2 Å². The van der Waals surface area contributed by atoms with Gasteiger partial charge in [0.05, 0.1) is 15.7 Å². The van der Waals surface area contributed by atoms with Gasteiger partial charge in [0.15, 0.2) is 9.84 Å². The number of hydrogen-bond donors (Lipinski definition) is 0. The second kappa shape index (κ2) is 8.73. The average Bonchev–Trinajstić information content (AvgIpc) is 2.58. The Hall–Kier alpha value is -1.41. The normalized spacial score (nSPS) is 17.6. The lowest BCUT2D eigenvalue weighted by Gasteiger charge is -2.33. The van der Waals surface area contributed by atoms with Crippen LogP contribution in [0.1, 0.15) is 40.0 Å². The number of nitrogens with zero attached hydrogens (tertiary/aromatic N) is 1. The predicted molar refractivity (Wildman–Crippen MR) is 106 cm³/mol. The first-order valence-electron chi connectivity index (χ1n) is 9.12. The maximum Gasteiger partial charge on any atom is 0.410 e. The van der Waals surface area contributed by atoms with Crippen molar-refractivity contribution in [3.8, 4) is 0 Å². The third kappa shape index (κ3) is 6.92. The van der Waals surface area contributed by atoms with Crippen molar-refractivity contribution in [1.82, 2.24) is 4.90 Å². The molecule has 8 heteroatoms. The summed E-state index contributed by atoms with van der Waals surface area (Å²) < 4.78 is 40.8. The lowest BCUT2D eigenvalue weighted by molar-refractivity contribution is 0.0183. The molecule has 2 rings (SSSR count). The minimum absolute atomic E-state index is 0.234. The molecule has 1 aliphatic heterocycles. The van der Waals surface area contributed by atoms with Gasteiger partial charge < -0.3 is 9.64 Å². The standard InChI is InChI=1S/C19H29NO5S2/c1-19(2,3)25-18(21)20-12-9-15(10-13-20)11-14-26(22)16-5-7-17(8-6-16)27(4,23)24/h5-8,15H,9-14H2,1-4H3. The van der Waals surface area contributed by atoms with Crippen LogP contribution >= 0.6 is 0 Å². The quantitative estimate of drug-likeness (QED) is 0.737. The Labute approximate surface area is 164 Å². The van der Waals surface area contributed by atoms with E-state index in [4.69, 9.17) is 4.74 Å². The fraction of sp³-hybridized carbons (Fsp3) is 0.632. The zero-order valence-corrected chi connectivity index (χ0v) is 18.1. The molecule has 1 aliphatic rings. The van der Waals surface area contributed by atoms with Gasteiger partial charge in [0.2, 0.25) is 0 Å². The van der Waals surface area contributed by atoms with Crippen molar-refractivity contribution >= 4 is 26.7 Å². The molecule has 0 spiro atoms. The van der Waals surface area contributed by atoms with Crippen molar-refractivity contribution in [3.63, 3.8) is 0 Å². The van der Waals surface area contributed by atoms with Gasteiger partial charge >= 0.3 is 6.09 Å². The molecule has 1 unspecified atom stereocenters. The Morgan fingerprint density at radius 3 is 2.22 bits per heavy atom. The van der Waals surface area contributed by atoms with Gasteiger partial charge in [0.25, 0.3) is 0 Å². The zero-order chi connectivity index (χ0) is 20.2. The number of benzene rings is 1. The van der Waals surface area contributed by atoms with E-state index in [0.29, 0.717) is 29.7 Å². The molecule has 0 aliphatic carbocycles. The summed E-state index contributed by atoms with van der Waals surface area (Å²) in [6, 6.07) is 6.25. The van der Waals surface area contributed by atoms with Crippen molar-refractivity contribution in [1.29, 1.82) is 0 Å². The van der Waals surface area contributed by atoms with Crippen LogP contribution in [0.25, 0.3) is 0 Å². The third-order valence-electron chi connectivity index (χ3n) is 4.49. The van der Waals surface area contributed by atoms with E-state index in [1.807, 2.05) is 20.8 Å². The van der Waals surface area contributed by atoms with Crippen molar-refractivity contribution in [2.45, 2.75) is 55.4 Å². The lowest BCUT2D eigenvalue weighted by atomic mass is 9.95. The molecular weight excluding hydrogens is 386 g/mol. The molecule has 0 N–H and O–H groups in total. The van der Waals surface area contributed by atoms with Gasteiger partial charge in [0.1, 0.15) is 5.60 Å². The third-order valence-corrected chi connectivity index (χ3v) is 7.03. The molecule has 1 fully saturated rings. The van der Waals surface area contributed by atoms with Crippen LogP contribution in [0.4, 0.5) is 4.79 Å². The highest BCUT2D eigenvalue weighted by atomic mass is 32.2. The van der Waals surface area contributed by atoms with Gasteiger partial charge in [-0.1, -0.05) is 0 Å². The minimum Gasteiger partial charge on any atom is -0.444 e. The first-order valence-corrected chi connectivity index (χ1v) is 12.3. The number of amides is 1. The molecule has 0 aromatic heterocycles. The van der Waals surface area contributed by atoms with Crippen LogP contribution in [0, 0.1) is 5.92 Å². The molecule has 0 saturated carbocycles. The Kier molecular flexibility index (Phi) is 7.08. The molecule has 27 heavy (non-hydrogen) atoms. The number of carbonyl (C=O) groups is 1. The summed E-state index contributed by atoms with van der Waals surface area (Å²) >= 11 is 0. The number of rotatable bonds is 5. The van der Waals surface area contributed by atoms with Crippen LogP contribution in [-0.4, -0.2) is 54.3 Å². The van der Waals surface area contributed by atoms with Gasteiger partial charge in [-0.2, -0.15) is 0 Å². The second-order valence-electron chi connectivity index (χ2n) is 7.99. The SMILES string of the molecule is CC(C)(C)OC(=O)N1CCC(CCS(=O)c2ccc(S(C)(=O)=O)cc2)CC1. The molecule has 1 aromatic carbocycles. The van der Waals surface area contributed by atoms with Gasteiger partial charge in [-0.05, 0) is 70.2 Å². The van der Waals surface area contributed by atoms with Crippen LogP contribution in [0.3, 0.4) is 0 Å². The van der Waals surface area contributed by atoms with E-state index in [1.54, 1.807) is 17.0 Å². The lowest BCUT2D eigenvalue weighted by Crippen LogP contribution is -2.41. The molecule has 1 heterocycles. The highest BCUT2D eigenvalue weighted by Crippen LogP contribution is 2.23. The Bertz CT molecular complexity index is 773. The minimum atomic E-state index is -3.24. The van der Waals surface area contributed by atoms with Crippen molar-refractivity contribution in [2.24, 2.45) is 5.92 Å². The summed E-state index contributed by atoms with van der Waals surface area (Å²) in [5.41, 5.74) is -0.489. The van der Waals surface area contributed by atoms with Crippen LogP contribution in [0.15, 0.2) is 34.1 Å². The molecule has 6 nitrogen and oxygen atoms in total. The zero-order valence-electron chi connectivity index (χ0n) is 16.4. The number of likely N-dealkylation sites (tertiary alicyclic amines) is 1. The number of piperidine rings is 1. The molecule has 0 bridgehead atoms. The maximum absolute atomic E-state index is 12.5. The van der Waals surface area contributed by atoms with E-state index in [2.05, 4.69) is 0 Å². The fourth-order valence-corrected chi connectivity index (χ4v) is 4.81. The van der Waals surface area contributed by atoms with Crippen LogP contribution < -0.4 is 0 Å². The number of carbonyl (C=O) groups excluding carboxylic acids is 1. The number of ether oxygens (including phenoxy) is 1. The molecular formula is C19H29NO5S2. The van der Waals surface area contributed by atoms with Crippen molar-refractivity contribution in [2.75, 3.05) is 25.1 Å². The summed E-state index contributed by atoms with van der Waals surface area (Å²) in [6.45, 7) is 6.89.